The van der Waals surface area contributed by atoms with E-state index in [2.05, 4.69) is 63.2 Å². The monoisotopic (exact) mass is 289 g/mol. The molecule has 0 saturated heterocycles. The molecule has 1 N–H and O–H groups in total. The minimum Gasteiger partial charge on any atom is -0.357 e. The number of nitrogens with one attached hydrogen (secondary N) is 1. The minimum absolute atomic E-state index is 0.128. The van der Waals surface area contributed by atoms with Crippen molar-refractivity contribution in [2.45, 2.75) is 71.5 Å². The van der Waals surface area contributed by atoms with E-state index in [0.717, 1.165) is 24.0 Å². The van der Waals surface area contributed by atoms with Crippen molar-refractivity contribution in [2.75, 3.05) is 11.9 Å². The molecule has 0 atom stereocenters. The third-order valence-electron chi connectivity index (χ3n) is 4.49. The maximum Gasteiger partial charge on any atom is 0.128 e. The highest BCUT2D eigenvalue weighted by Crippen LogP contribution is 2.28. The molecule has 0 bridgehead atoms. The second-order valence-corrected chi connectivity index (χ2v) is 7.62. The van der Waals surface area contributed by atoms with Crippen LogP contribution in [0.5, 0.6) is 0 Å². The van der Waals surface area contributed by atoms with Gasteiger partial charge in [0.05, 0.1) is 5.69 Å². The third kappa shape index (κ3) is 4.99. The Balaban J connectivity index is 1.99. The van der Waals surface area contributed by atoms with E-state index in [9.17, 15) is 0 Å². The Bertz CT molecular complexity index is 442. The quantitative estimate of drug-likeness (QED) is 0.908. The van der Waals surface area contributed by atoms with Gasteiger partial charge in [-0.1, -0.05) is 13.0 Å². The van der Waals surface area contributed by atoms with Crippen LogP contribution in [0.1, 0.15) is 59.1 Å². The van der Waals surface area contributed by atoms with Gasteiger partial charge < -0.3 is 10.2 Å². The summed E-state index contributed by atoms with van der Waals surface area (Å²) < 4.78 is 0. The Morgan fingerprint density at radius 2 is 1.86 bits per heavy atom. The Kier molecular flexibility index (Phi) is 5.26. The number of hydrogen-bond acceptors (Lipinski definition) is 3. The Morgan fingerprint density at radius 3 is 2.48 bits per heavy atom. The zero-order valence-electron chi connectivity index (χ0n) is 14.3. The Labute approximate surface area is 130 Å². The van der Waals surface area contributed by atoms with E-state index in [1.54, 1.807) is 0 Å². The molecule has 2 rings (SSSR count). The van der Waals surface area contributed by atoms with Crippen molar-refractivity contribution in [1.29, 1.82) is 0 Å². The van der Waals surface area contributed by atoms with Gasteiger partial charge in [-0.2, -0.15) is 0 Å². The van der Waals surface area contributed by atoms with E-state index >= 15 is 0 Å². The number of nitrogens with zero attached hydrogens (tertiary/aromatic N) is 2. The van der Waals surface area contributed by atoms with E-state index in [1.807, 2.05) is 0 Å². The summed E-state index contributed by atoms with van der Waals surface area (Å²) in [6.07, 6.45) is 5.29. The Hall–Kier alpha value is -1.09. The van der Waals surface area contributed by atoms with Gasteiger partial charge in [0, 0.05) is 25.2 Å². The normalized spacial score (nSPS) is 23.1. The van der Waals surface area contributed by atoms with Crippen molar-refractivity contribution in [3.05, 3.63) is 23.9 Å². The van der Waals surface area contributed by atoms with Gasteiger partial charge in [-0.05, 0) is 64.5 Å². The first-order chi connectivity index (χ1) is 9.85. The second kappa shape index (κ2) is 6.78. The van der Waals surface area contributed by atoms with Gasteiger partial charge in [0.15, 0.2) is 0 Å². The van der Waals surface area contributed by atoms with Crippen LogP contribution in [0.3, 0.4) is 0 Å². The van der Waals surface area contributed by atoms with Crippen molar-refractivity contribution >= 4 is 5.82 Å². The van der Waals surface area contributed by atoms with Gasteiger partial charge in [0.2, 0.25) is 0 Å². The molecule has 0 aromatic carbocycles. The summed E-state index contributed by atoms with van der Waals surface area (Å²) in [4.78, 5) is 7.21. The lowest BCUT2D eigenvalue weighted by atomic mass is 9.87. The van der Waals surface area contributed by atoms with Gasteiger partial charge in [-0.25, -0.2) is 4.98 Å². The first-order valence-electron chi connectivity index (χ1n) is 8.29. The van der Waals surface area contributed by atoms with E-state index in [0.29, 0.717) is 6.04 Å². The van der Waals surface area contributed by atoms with E-state index in [4.69, 9.17) is 4.98 Å². The fraction of sp³-hybridized carbons (Fsp3) is 0.722. The summed E-state index contributed by atoms with van der Waals surface area (Å²) in [6.45, 7) is 9.75. The predicted molar refractivity (Wildman–Crippen MR) is 90.7 cm³/mol. The molecule has 0 unspecified atom stereocenters. The topological polar surface area (TPSA) is 28.2 Å². The first kappa shape index (κ1) is 16.3. The van der Waals surface area contributed by atoms with Gasteiger partial charge in [-0.15, -0.1) is 0 Å². The zero-order chi connectivity index (χ0) is 15.5. The average Bonchev–Trinajstić information content (AvgIpc) is 2.45. The van der Waals surface area contributed by atoms with Gasteiger partial charge in [0.25, 0.3) is 0 Å². The summed E-state index contributed by atoms with van der Waals surface area (Å²) in [5.74, 6) is 2.01. The molecule has 1 aliphatic carbocycles. The maximum atomic E-state index is 4.83. The highest BCUT2D eigenvalue weighted by molar-refractivity contribution is 5.39. The van der Waals surface area contributed by atoms with Crippen LogP contribution in [0.2, 0.25) is 0 Å². The standard InChI is InChI=1S/C18H31N3/c1-14-9-11-16(12-10-14)21(5)17-8-6-7-15(20-17)13-19-18(2,3)4/h6-8,14,16,19H,9-13H2,1-5H3. The van der Waals surface area contributed by atoms with Crippen molar-refractivity contribution in [2.24, 2.45) is 5.92 Å². The summed E-state index contributed by atoms with van der Waals surface area (Å²) >= 11 is 0. The van der Waals surface area contributed by atoms with Crippen LogP contribution in [-0.2, 0) is 6.54 Å². The second-order valence-electron chi connectivity index (χ2n) is 7.62. The number of rotatable bonds is 4. The maximum absolute atomic E-state index is 4.83. The van der Waals surface area contributed by atoms with Crippen LogP contribution >= 0.6 is 0 Å². The van der Waals surface area contributed by atoms with Crippen LogP contribution in [0.4, 0.5) is 5.82 Å². The fourth-order valence-corrected chi connectivity index (χ4v) is 2.93. The highest BCUT2D eigenvalue weighted by atomic mass is 15.2. The molecule has 1 heterocycles. The summed E-state index contributed by atoms with van der Waals surface area (Å²) in [5.41, 5.74) is 1.25. The predicted octanol–water partition coefficient (Wildman–Crippen LogP) is 3.98. The Morgan fingerprint density at radius 1 is 1.19 bits per heavy atom. The number of hydrogen-bond donors (Lipinski definition) is 1. The molecule has 0 spiro atoms. The first-order valence-corrected chi connectivity index (χ1v) is 8.29. The van der Waals surface area contributed by atoms with Crippen molar-refractivity contribution in [3.8, 4) is 0 Å². The molecule has 0 amide bonds. The van der Waals surface area contributed by atoms with Crippen LogP contribution in [-0.4, -0.2) is 23.6 Å². The number of anilines is 1. The van der Waals surface area contributed by atoms with Crippen LogP contribution in [0, 0.1) is 5.92 Å². The van der Waals surface area contributed by atoms with E-state index in [-0.39, 0.29) is 5.54 Å². The fourth-order valence-electron chi connectivity index (χ4n) is 2.93. The average molecular weight is 289 g/mol. The smallest absolute Gasteiger partial charge is 0.128 e. The number of aromatic nitrogens is 1. The number of pyridine rings is 1. The minimum atomic E-state index is 0.128. The molecule has 1 aromatic heterocycles. The summed E-state index contributed by atoms with van der Waals surface area (Å²) in [5, 5.41) is 3.51. The third-order valence-corrected chi connectivity index (χ3v) is 4.49. The molecular formula is C18H31N3. The molecule has 0 radical (unpaired) electrons. The molecule has 1 aromatic rings. The molecule has 1 fully saturated rings. The molecule has 3 nitrogen and oxygen atoms in total. The van der Waals surface area contributed by atoms with Crippen LogP contribution < -0.4 is 10.2 Å². The van der Waals surface area contributed by atoms with Crippen molar-refractivity contribution in [1.82, 2.24) is 10.3 Å². The molecule has 21 heavy (non-hydrogen) atoms. The van der Waals surface area contributed by atoms with Crippen LogP contribution in [0.15, 0.2) is 18.2 Å². The van der Waals surface area contributed by atoms with Crippen molar-refractivity contribution in [3.63, 3.8) is 0 Å². The lowest BCUT2D eigenvalue weighted by Crippen LogP contribution is -2.36. The molecule has 118 valence electrons. The molecular weight excluding hydrogens is 258 g/mol. The SMILES string of the molecule is CC1CCC(N(C)c2cccc(CNC(C)(C)C)n2)CC1. The summed E-state index contributed by atoms with van der Waals surface area (Å²) in [6, 6.07) is 7.03. The van der Waals surface area contributed by atoms with Gasteiger partial charge in [-0.3, -0.25) is 0 Å². The van der Waals surface area contributed by atoms with E-state index < -0.39 is 0 Å². The van der Waals surface area contributed by atoms with Crippen molar-refractivity contribution < 1.29 is 0 Å². The van der Waals surface area contributed by atoms with Crippen LogP contribution in [0.25, 0.3) is 0 Å². The summed E-state index contributed by atoms with van der Waals surface area (Å²) in [7, 11) is 2.20. The molecule has 3 heteroatoms. The largest absolute Gasteiger partial charge is 0.357 e. The molecule has 0 aliphatic heterocycles. The molecule has 1 saturated carbocycles. The van der Waals surface area contributed by atoms with E-state index in [1.165, 1.54) is 25.7 Å². The highest BCUT2D eigenvalue weighted by Gasteiger charge is 2.22. The van der Waals surface area contributed by atoms with Gasteiger partial charge in [0.1, 0.15) is 5.82 Å². The van der Waals surface area contributed by atoms with Gasteiger partial charge >= 0.3 is 0 Å². The lowest BCUT2D eigenvalue weighted by Gasteiger charge is -2.34. The lowest BCUT2D eigenvalue weighted by molar-refractivity contribution is 0.340. The molecule has 1 aliphatic rings. The zero-order valence-corrected chi connectivity index (χ0v) is 14.3.